The lowest BCUT2D eigenvalue weighted by molar-refractivity contribution is 0.823. The van der Waals surface area contributed by atoms with E-state index in [1.165, 1.54) is 5.69 Å². The number of allylic oxidation sites excluding steroid dienone is 1. The monoisotopic (exact) mass is 150 g/mol. The summed E-state index contributed by atoms with van der Waals surface area (Å²) in [7, 11) is 1.99. The van der Waals surface area contributed by atoms with Crippen LogP contribution in [0.5, 0.6) is 0 Å². The summed E-state index contributed by atoms with van der Waals surface area (Å²) in [5.41, 5.74) is 1.18. The van der Waals surface area contributed by atoms with Crippen molar-refractivity contribution in [2.24, 2.45) is 7.05 Å². The van der Waals surface area contributed by atoms with Crippen LogP contribution in [0.15, 0.2) is 25.2 Å². The molecule has 0 N–H and O–H groups in total. The van der Waals surface area contributed by atoms with Crippen LogP contribution < -0.4 is 0 Å². The van der Waals surface area contributed by atoms with Gasteiger partial charge in [0, 0.05) is 13.2 Å². The van der Waals surface area contributed by atoms with Gasteiger partial charge in [-0.05, 0) is 19.3 Å². The van der Waals surface area contributed by atoms with Crippen LogP contribution in [0.4, 0.5) is 0 Å². The van der Waals surface area contributed by atoms with Crippen molar-refractivity contribution >= 4 is 0 Å². The zero-order valence-corrected chi connectivity index (χ0v) is 6.95. The van der Waals surface area contributed by atoms with Gasteiger partial charge >= 0.3 is 0 Å². The lowest BCUT2D eigenvalue weighted by atomic mass is 10.2. The van der Waals surface area contributed by atoms with Crippen molar-refractivity contribution in [2.75, 3.05) is 0 Å². The molecule has 60 valence electrons. The molecular weight excluding hydrogens is 136 g/mol. The topological polar surface area (TPSA) is 17.8 Å². The first kappa shape index (κ1) is 8.05. The van der Waals surface area contributed by atoms with E-state index < -0.39 is 0 Å². The van der Waals surface area contributed by atoms with Gasteiger partial charge in [0.1, 0.15) is 0 Å². The minimum absolute atomic E-state index is 1.06. The van der Waals surface area contributed by atoms with Crippen LogP contribution in [0.25, 0.3) is 0 Å². The molecule has 0 saturated heterocycles. The van der Waals surface area contributed by atoms with E-state index in [-0.39, 0.29) is 0 Å². The Morgan fingerprint density at radius 1 is 1.73 bits per heavy atom. The van der Waals surface area contributed by atoms with Crippen molar-refractivity contribution in [2.45, 2.75) is 19.3 Å². The van der Waals surface area contributed by atoms with Gasteiger partial charge < -0.3 is 4.57 Å². The Morgan fingerprint density at radius 3 is 3.09 bits per heavy atom. The molecule has 1 aromatic heterocycles. The quantitative estimate of drug-likeness (QED) is 0.473. The second-order valence-corrected chi connectivity index (χ2v) is 2.71. The summed E-state index contributed by atoms with van der Waals surface area (Å²) in [6, 6.07) is 0. The van der Waals surface area contributed by atoms with E-state index in [1.807, 2.05) is 24.0 Å². The Labute approximate surface area is 67.6 Å². The number of aryl methyl sites for hydroxylation is 2. The summed E-state index contributed by atoms with van der Waals surface area (Å²) in [5.74, 6) is 0. The maximum absolute atomic E-state index is 4.22. The van der Waals surface area contributed by atoms with Gasteiger partial charge in [-0.15, -0.1) is 6.58 Å². The van der Waals surface area contributed by atoms with E-state index in [4.69, 9.17) is 0 Å². The van der Waals surface area contributed by atoms with E-state index in [2.05, 4.69) is 17.8 Å². The molecule has 0 unspecified atom stereocenters. The van der Waals surface area contributed by atoms with Gasteiger partial charge in [0.2, 0.25) is 0 Å². The first-order chi connectivity index (χ1) is 5.33. The molecule has 11 heavy (non-hydrogen) atoms. The van der Waals surface area contributed by atoms with Gasteiger partial charge in [-0.3, -0.25) is 0 Å². The van der Waals surface area contributed by atoms with E-state index in [9.17, 15) is 0 Å². The Balaban J connectivity index is 2.32. The third kappa shape index (κ3) is 2.58. The Kier molecular flexibility index (Phi) is 2.90. The summed E-state index contributed by atoms with van der Waals surface area (Å²) in [6.07, 6.45) is 9.14. The largest absolute Gasteiger partial charge is 0.340 e. The Bertz CT molecular complexity index is 225. The molecule has 0 spiro atoms. The maximum Gasteiger partial charge on any atom is 0.0946 e. The summed E-state index contributed by atoms with van der Waals surface area (Å²) >= 11 is 0. The highest BCUT2D eigenvalue weighted by Crippen LogP contribution is 2.01. The maximum atomic E-state index is 4.22. The lowest BCUT2D eigenvalue weighted by Crippen LogP contribution is -1.83. The van der Waals surface area contributed by atoms with E-state index in [1.54, 1.807) is 0 Å². The highest BCUT2D eigenvalue weighted by Gasteiger charge is 1.93. The minimum Gasteiger partial charge on any atom is -0.340 e. The van der Waals surface area contributed by atoms with Crippen molar-refractivity contribution in [1.29, 1.82) is 0 Å². The smallest absolute Gasteiger partial charge is 0.0946 e. The zero-order chi connectivity index (χ0) is 8.10. The third-order valence-corrected chi connectivity index (χ3v) is 1.60. The molecule has 0 fully saturated rings. The molecule has 0 amide bonds. The van der Waals surface area contributed by atoms with Crippen molar-refractivity contribution < 1.29 is 0 Å². The number of hydrogen-bond donors (Lipinski definition) is 0. The molecule has 0 atom stereocenters. The molecule has 0 saturated carbocycles. The lowest BCUT2D eigenvalue weighted by Gasteiger charge is -1.91. The predicted octanol–water partition coefficient (Wildman–Crippen LogP) is 1.93. The van der Waals surface area contributed by atoms with Crippen LogP contribution in [0.3, 0.4) is 0 Å². The summed E-state index contributed by atoms with van der Waals surface area (Å²) in [5, 5.41) is 0. The normalized spacial score (nSPS) is 9.91. The van der Waals surface area contributed by atoms with E-state index >= 15 is 0 Å². The average Bonchev–Trinajstić information content (AvgIpc) is 2.37. The fourth-order valence-corrected chi connectivity index (χ4v) is 1.02. The molecule has 1 heterocycles. The Morgan fingerprint density at radius 2 is 2.55 bits per heavy atom. The number of unbranched alkanes of at least 4 members (excludes halogenated alkanes) is 1. The van der Waals surface area contributed by atoms with Crippen LogP contribution in [-0.4, -0.2) is 9.55 Å². The molecule has 1 aromatic rings. The summed E-state index contributed by atoms with van der Waals surface area (Å²) < 4.78 is 1.98. The number of aromatic nitrogens is 2. The molecule has 0 aliphatic heterocycles. The standard InChI is InChI=1S/C9H14N2/c1-3-4-5-6-9-7-11(2)8-10-9/h3,7-8H,1,4-6H2,2H3. The number of hydrogen-bond acceptors (Lipinski definition) is 1. The number of nitrogens with zero attached hydrogens (tertiary/aromatic N) is 2. The van der Waals surface area contributed by atoms with Gasteiger partial charge in [-0.1, -0.05) is 6.08 Å². The molecule has 1 rings (SSSR count). The van der Waals surface area contributed by atoms with Crippen LogP contribution in [0, 0.1) is 0 Å². The Hall–Kier alpha value is -1.05. The van der Waals surface area contributed by atoms with Gasteiger partial charge in [-0.25, -0.2) is 4.98 Å². The fraction of sp³-hybridized carbons (Fsp3) is 0.444. The molecule has 0 aromatic carbocycles. The highest BCUT2D eigenvalue weighted by atomic mass is 15.0. The zero-order valence-electron chi connectivity index (χ0n) is 6.95. The molecule has 0 aliphatic carbocycles. The van der Waals surface area contributed by atoms with Gasteiger partial charge in [0.15, 0.2) is 0 Å². The highest BCUT2D eigenvalue weighted by molar-refractivity contribution is 4.96. The fourth-order valence-electron chi connectivity index (χ4n) is 1.02. The third-order valence-electron chi connectivity index (χ3n) is 1.60. The molecule has 0 aliphatic rings. The first-order valence-corrected chi connectivity index (χ1v) is 3.90. The van der Waals surface area contributed by atoms with Crippen LogP contribution in [-0.2, 0) is 13.5 Å². The van der Waals surface area contributed by atoms with Gasteiger partial charge in [0.25, 0.3) is 0 Å². The van der Waals surface area contributed by atoms with Crippen molar-refractivity contribution in [3.63, 3.8) is 0 Å². The van der Waals surface area contributed by atoms with Crippen LogP contribution in [0.1, 0.15) is 18.5 Å². The second-order valence-electron chi connectivity index (χ2n) is 2.71. The molecule has 0 radical (unpaired) electrons. The molecule has 2 nitrogen and oxygen atoms in total. The van der Waals surface area contributed by atoms with Crippen molar-refractivity contribution in [3.05, 3.63) is 30.9 Å². The number of imidazole rings is 1. The molecule has 2 heteroatoms. The van der Waals surface area contributed by atoms with E-state index in [0.717, 1.165) is 19.3 Å². The SMILES string of the molecule is C=CCCCc1cn(C)cn1. The first-order valence-electron chi connectivity index (χ1n) is 3.90. The van der Waals surface area contributed by atoms with Crippen LogP contribution in [0.2, 0.25) is 0 Å². The summed E-state index contributed by atoms with van der Waals surface area (Å²) in [4.78, 5) is 4.22. The second kappa shape index (κ2) is 3.96. The van der Waals surface area contributed by atoms with Crippen LogP contribution >= 0.6 is 0 Å². The van der Waals surface area contributed by atoms with Crippen molar-refractivity contribution in [1.82, 2.24) is 9.55 Å². The number of rotatable bonds is 4. The summed E-state index contributed by atoms with van der Waals surface area (Å²) in [6.45, 7) is 3.67. The minimum atomic E-state index is 1.06. The van der Waals surface area contributed by atoms with Gasteiger partial charge in [-0.2, -0.15) is 0 Å². The van der Waals surface area contributed by atoms with E-state index in [0.29, 0.717) is 0 Å². The molecule has 0 bridgehead atoms. The average molecular weight is 150 g/mol. The van der Waals surface area contributed by atoms with Gasteiger partial charge in [0.05, 0.1) is 12.0 Å². The predicted molar refractivity (Wildman–Crippen MR) is 46.3 cm³/mol. The molecular formula is C9H14N2. The van der Waals surface area contributed by atoms with Crippen molar-refractivity contribution in [3.8, 4) is 0 Å².